The molecule has 1 N–H and O–H groups in total. The van der Waals surface area contributed by atoms with Crippen LogP contribution in [0.3, 0.4) is 0 Å². The number of carbonyl (C=O) groups is 1. The van der Waals surface area contributed by atoms with E-state index in [1.54, 1.807) is 6.07 Å². The molecule has 180 valence electrons. The van der Waals surface area contributed by atoms with Gasteiger partial charge in [-0.1, -0.05) is 29.3 Å². The number of Topliss-reactive ketones (excluding diaryl/α,β-unsaturated/α-hetero) is 1. The van der Waals surface area contributed by atoms with E-state index in [9.17, 15) is 13.2 Å². The highest BCUT2D eigenvalue weighted by atomic mass is 35.5. The summed E-state index contributed by atoms with van der Waals surface area (Å²) >= 11 is 13.0. The summed E-state index contributed by atoms with van der Waals surface area (Å²) in [6, 6.07) is 3.65. The van der Waals surface area contributed by atoms with Gasteiger partial charge in [-0.05, 0) is 88.2 Å². The zero-order valence-corrected chi connectivity index (χ0v) is 21.6. The van der Waals surface area contributed by atoms with E-state index < -0.39 is 10.0 Å². The van der Waals surface area contributed by atoms with Crippen molar-refractivity contribution >= 4 is 49.9 Å². The van der Waals surface area contributed by atoms with Gasteiger partial charge in [0.25, 0.3) is 0 Å². The minimum atomic E-state index is -3.30. The molecule has 0 aliphatic heterocycles. The molecular weight excluding hydrogens is 479 g/mol. The van der Waals surface area contributed by atoms with E-state index >= 15 is 0 Å². The second-order valence-electron chi connectivity index (χ2n) is 10.8. The Hall–Kier alpha value is -1.08. The van der Waals surface area contributed by atoms with Gasteiger partial charge in [0.15, 0.2) is 5.78 Å². The van der Waals surface area contributed by atoms with Gasteiger partial charge in [0.2, 0.25) is 10.0 Å². The van der Waals surface area contributed by atoms with Crippen molar-refractivity contribution in [3.63, 3.8) is 0 Å². The van der Waals surface area contributed by atoms with Crippen LogP contribution in [0.4, 0.5) is 0 Å². The third-order valence-electron chi connectivity index (χ3n) is 8.46. The average molecular weight is 512 g/mol. The summed E-state index contributed by atoms with van der Waals surface area (Å²) in [6.07, 6.45) is 8.66. The smallest absolute Gasteiger partial charge is 0.211 e. The maximum absolute atomic E-state index is 13.9. The predicted octanol–water partition coefficient (Wildman–Crippen LogP) is 5.99. The molecule has 1 heterocycles. The van der Waals surface area contributed by atoms with Gasteiger partial charge in [-0.3, -0.25) is 4.79 Å². The van der Waals surface area contributed by atoms with Gasteiger partial charge in [0.05, 0.1) is 21.3 Å². The number of sulfonamides is 1. The quantitative estimate of drug-likeness (QED) is 0.443. The Bertz CT molecular complexity index is 1180. The van der Waals surface area contributed by atoms with Crippen LogP contribution in [0.1, 0.15) is 67.4 Å². The Labute approximate surface area is 206 Å². The van der Waals surface area contributed by atoms with Crippen molar-refractivity contribution < 1.29 is 13.2 Å². The van der Waals surface area contributed by atoms with Gasteiger partial charge in [0.1, 0.15) is 0 Å². The molecule has 0 radical (unpaired) electrons. The van der Waals surface area contributed by atoms with Crippen LogP contribution in [0, 0.1) is 30.1 Å². The first-order valence-electron chi connectivity index (χ1n) is 12.0. The summed E-state index contributed by atoms with van der Waals surface area (Å²) in [5, 5.41) is 1.68. The molecule has 5 nitrogen and oxygen atoms in total. The molecule has 4 fully saturated rings. The van der Waals surface area contributed by atoms with Crippen molar-refractivity contribution in [2.45, 2.75) is 64.8 Å². The van der Waals surface area contributed by atoms with E-state index in [0.29, 0.717) is 29.4 Å². The van der Waals surface area contributed by atoms with Gasteiger partial charge in [-0.25, -0.2) is 13.1 Å². The normalized spacial score (nSPS) is 28.7. The maximum atomic E-state index is 13.9. The standard InChI is InChI=1S/C25H32Cl2N2O3S/c1-15-22(21(30)14-25-11-16-8-17(12-25)10-18(9-16)13-25)19-4-5-20(26)23(27)24(19)29(15)6-3-7-33(31,32)28-2/h4-5,16-18,28H,3,6-14H2,1-2H3. The summed E-state index contributed by atoms with van der Waals surface area (Å²) in [5.74, 6) is 2.60. The monoisotopic (exact) mass is 510 g/mol. The molecule has 0 atom stereocenters. The number of nitrogens with zero attached hydrogens (tertiary/aromatic N) is 1. The second kappa shape index (κ2) is 8.54. The van der Waals surface area contributed by atoms with Crippen LogP contribution in [-0.4, -0.2) is 31.6 Å². The van der Waals surface area contributed by atoms with E-state index in [4.69, 9.17) is 23.2 Å². The number of hydrogen-bond acceptors (Lipinski definition) is 3. The van der Waals surface area contributed by atoms with Gasteiger partial charge in [-0.2, -0.15) is 0 Å². The first kappa shape index (κ1) is 23.7. The van der Waals surface area contributed by atoms with Crippen molar-refractivity contribution in [1.82, 2.24) is 9.29 Å². The van der Waals surface area contributed by atoms with E-state index in [2.05, 4.69) is 4.72 Å². The molecule has 1 aromatic carbocycles. The molecule has 0 spiro atoms. The number of fused-ring (bicyclic) bond motifs is 1. The van der Waals surface area contributed by atoms with Gasteiger partial charge >= 0.3 is 0 Å². The van der Waals surface area contributed by atoms with Gasteiger partial charge in [-0.15, -0.1) is 0 Å². The highest BCUT2D eigenvalue weighted by Gasteiger charge is 2.51. The Kier molecular flexibility index (Phi) is 6.12. The molecule has 33 heavy (non-hydrogen) atoms. The molecule has 6 rings (SSSR count). The molecule has 0 amide bonds. The molecule has 0 saturated heterocycles. The number of hydrogen-bond donors (Lipinski definition) is 1. The average Bonchev–Trinajstić information content (AvgIpc) is 3.01. The number of benzene rings is 1. The molecule has 4 bridgehead atoms. The lowest BCUT2D eigenvalue weighted by atomic mass is 9.48. The van der Waals surface area contributed by atoms with E-state index in [1.807, 2.05) is 17.6 Å². The molecule has 8 heteroatoms. The minimum Gasteiger partial charge on any atom is -0.343 e. The lowest BCUT2D eigenvalue weighted by Crippen LogP contribution is -2.46. The summed E-state index contributed by atoms with van der Waals surface area (Å²) in [5.41, 5.74) is 2.47. The van der Waals surface area contributed by atoms with Gasteiger partial charge in [0, 0.05) is 29.6 Å². The van der Waals surface area contributed by atoms with Gasteiger partial charge < -0.3 is 4.57 Å². The van der Waals surface area contributed by atoms with Crippen LogP contribution in [-0.2, 0) is 16.6 Å². The Morgan fingerprint density at radius 2 is 1.73 bits per heavy atom. The zero-order chi connectivity index (χ0) is 23.5. The largest absolute Gasteiger partial charge is 0.343 e. The van der Waals surface area contributed by atoms with E-state index in [0.717, 1.165) is 39.9 Å². The lowest BCUT2D eigenvalue weighted by Gasteiger charge is -2.56. The number of aromatic nitrogens is 1. The Morgan fingerprint density at radius 3 is 2.30 bits per heavy atom. The van der Waals surface area contributed by atoms with Crippen molar-refractivity contribution in [2.75, 3.05) is 12.8 Å². The van der Waals surface area contributed by atoms with E-state index in [1.165, 1.54) is 45.6 Å². The second-order valence-corrected chi connectivity index (χ2v) is 13.6. The van der Waals surface area contributed by atoms with Crippen LogP contribution in [0.2, 0.25) is 10.0 Å². The maximum Gasteiger partial charge on any atom is 0.211 e. The molecule has 0 unspecified atom stereocenters. The molecule has 4 aliphatic carbocycles. The van der Waals surface area contributed by atoms with E-state index in [-0.39, 0.29) is 17.0 Å². The number of ketones is 1. The zero-order valence-electron chi connectivity index (χ0n) is 19.3. The van der Waals surface area contributed by atoms with Crippen molar-refractivity contribution in [2.24, 2.45) is 23.2 Å². The molecule has 4 saturated carbocycles. The Balaban J connectivity index is 1.48. The first-order chi connectivity index (χ1) is 15.6. The topological polar surface area (TPSA) is 68.2 Å². The fourth-order valence-electron chi connectivity index (χ4n) is 7.58. The lowest BCUT2D eigenvalue weighted by molar-refractivity contribution is -0.0524. The SMILES string of the molecule is CNS(=O)(=O)CCCn1c(C)c(C(=O)CC23CC4CC(CC(C4)C2)C3)c2ccc(Cl)c(Cl)c21. The fourth-order valence-corrected chi connectivity index (χ4v) is 8.72. The number of halogens is 2. The summed E-state index contributed by atoms with van der Waals surface area (Å²) in [6.45, 7) is 2.40. The molecule has 4 aliphatic rings. The summed E-state index contributed by atoms with van der Waals surface area (Å²) < 4.78 is 28.2. The van der Waals surface area contributed by atoms with Crippen molar-refractivity contribution in [1.29, 1.82) is 0 Å². The predicted molar refractivity (Wildman–Crippen MR) is 134 cm³/mol. The van der Waals surface area contributed by atoms with Crippen LogP contribution in [0.25, 0.3) is 10.9 Å². The number of carbonyl (C=O) groups excluding carboxylic acids is 1. The third-order valence-corrected chi connectivity index (χ3v) is 10.7. The Morgan fingerprint density at radius 1 is 1.12 bits per heavy atom. The number of aryl methyl sites for hydroxylation is 1. The van der Waals surface area contributed by atoms with Crippen LogP contribution in [0.5, 0.6) is 0 Å². The molecular formula is C25H32Cl2N2O3S. The first-order valence-corrected chi connectivity index (χ1v) is 14.4. The summed E-state index contributed by atoms with van der Waals surface area (Å²) in [4.78, 5) is 13.9. The van der Waals surface area contributed by atoms with Crippen LogP contribution in [0.15, 0.2) is 12.1 Å². The molecule has 2 aromatic rings. The summed E-state index contributed by atoms with van der Waals surface area (Å²) in [7, 11) is -1.88. The highest BCUT2D eigenvalue weighted by molar-refractivity contribution is 7.89. The minimum absolute atomic E-state index is 0.0113. The van der Waals surface area contributed by atoms with Crippen LogP contribution < -0.4 is 4.72 Å². The number of nitrogens with one attached hydrogen (secondary N) is 1. The highest BCUT2D eigenvalue weighted by Crippen LogP contribution is 2.61. The fraction of sp³-hybridized carbons (Fsp3) is 0.640. The van der Waals surface area contributed by atoms with Crippen LogP contribution >= 0.6 is 23.2 Å². The van der Waals surface area contributed by atoms with Crippen molar-refractivity contribution in [3.05, 3.63) is 33.4 Å². The third kappa shape index (κ3) is 4.26. The molecule has 1 aromatic heterocycles. The number of rotatable bonds is 8. The van der Waals surface area contributed by atoms with Crippen molar-refractivity contribution in [3.8, 4) is 0 Å².